The molecule has 10 heteroatoms. The molecule has 1 aromatic heterocycles. The summed E-state index contributed by atoms with van der Waals surface area (Å²) in [5, 5.41) is 4.82. The molecule has 1 heterocycles. The molecule has 3 aromatic rings. The van der Waals surface area contributed by atoms with E-state index in [4.69, 9.17) is 4.74 Å². The van der Waals surface area contributed by atoms with Crippen LogP contribution in [0.3, 0.4) is 0 Å². The van der Waals surface area contributed by atoms with Gasteiger partial charge in [-0.25, -0.2) is 9.78 Å². The summed E-state index contributed by atoms with van der Waals surface area (Å²) in [5.41, 5.74) is 1.16. The molecule has 0 N–H and O–H groups in total. The predicted molar refractivity (Wildman–Crippen MR) is 131 cm³/mol. The largest absolute Gasteiger partial charge is 0.480 e. The molecule has 2 aromatic carbocycles. The standard InChI is InChI=1S/C19H14BrI2N3O4/c1-10-24-16-4-3-12(20)7-13(16)19(27)25(10)23-8-11-5-14(21)18(15(22)6-11)29-9-17(26)28-2/h3-8H,9H2,1-2H3. The maximum absolute atomic E-state index is 12.8. The number of aromatic nitrogens is 2. The van der Waals surface area contributed by atoms with Crippen molar-refractivity contribution in [1.29, 1.82) is 0 Å². The molecule has 3 rings (SSSR count). The lowest BCUT2D eigenvalue weighted by atomic mass is 10.2. The van der Waals surface area contributed by atoms with Gasteiger partial charge in [-0.05, 0) is 88.0 Å². The Morgan fingerprint density at radius 3 is 2.62 bits per heavy atom. The molecule has 29 heavy (non-hydrogen) atoms. The van der Waals surface area contributed by atoms with Crippen molar-refractivity contribution in [3.8, 4) is 5.75 Å². The van der Waals surface area contributed by atoms with E-state index in [-0.39, 0.29) is 12.2 Å². The Morgan fingerprint density at radius 2 is 1.97 bits per heavy atom. The van der Waals surface area contributed by atoms with Crippen LogP contribution in [0.2, 0.25) is 0 Å². The van der Waals surface area contributed by atoms with Crippen LogP contribution in [0.1, 0.15) is 11.4 Å². The first-order valence-corrected chi connectivity index (χ1v) is 11.2. The summed E-state index contributed by atoms with van der Waals surface area (Å²) < 4.78 is 13.8. The van der Waals surface area contributed by atoms with Crippen LogP contribution in [0.4, 0.5) is 0 Å². The summed E-state index contributed by atoms with van der Waals surface area (Å²) in [6, 6.07) is 9.07. The van der Waals surface area contributed by atoms with Gasteiger partial charge in [-0.15, -0.1) is 0 Å². The van der Waals surface area contributed by atoms with Gasteiger partial charge < -0.3 is 9.47 Å². The van der Waals surface area contributed by atoms with Gasteiger partial charge in [0.1, 0.15) is 11.6 Å². The lowest BCUT2D eigenvalue weighted by molar-refractivity contribution is -0.142. The average molecular weight is 682 g/mol. The highest BCUT2D eigenvalue weighted by atomic mass is 127. The maximum atomic E-state index is 12.8. The van der Waals surface area contributed by atoms with Crippen molar-refractivity contribution < 1.29 is 14.3 Å². The molecule has 0 atom stereocenters. The van der Waals surface area contributed by atoms with Crippen molar-refractivity contribution in [2.24, 2.45) is 5.10 Å². The minimum Gasteiger partial charge on any atom is -0.480 e. The fraction of sp³-hybridized carbons (Fsp3) is 0.158. The van der Waals surface area contributed by atoms with E-state index in [1.54, 1.807) is 25.3 Å². The van der Waals surface area contributed by atoms with E-state index in [9.17, 15) is 9.59 Å². The van der Waals surface area contributed by atoms with Gasteiger partial charge >= 0.3 is 5.97 Å². The van der Waals surface area contributed by atoms with Crippen LogP contribution in [0.15, 0.2) is 44.7 Å². The van der Waals surface area contributed by atoms with Crippen molar-refractivity contribution in [3.05, 3.63) is 63.7 Å². The molecule has 0 saturated carbocycles. The first-order valence-electron chi connectivity index (χ1n) is 8.22. The number of carbonyl (C=O) groups is 1. The van der Waals surface area contributed by atoms with Crippen LogP contribution >= 0.6 is 61.1 Å². The number of nitrogens with zero attached hydrogens (tertiary/aromatic N) is 3. The smallest absolute Gasteiger partial charge is 0.343 e. The number of benzene rings is 2. The highest BCUT2D eigenvalue weighted by molar-refractivity contribution is 14.1. The van der Waals surface area contributed by atoms with Crippen molar-refractivity contribution in [2.75, 3.05) is 13.7 Å². The minimum atomic E-state index is -0.451. The van der Waals surface area contributed by atoms with E-state index >= 15 is 0 Å². The van der Waals surface area contributed by atoms with Crippen molar-refractivity contribution in [2.45, 2.75) is 6.92 Å². The number of carbonyl (C=O) groups excluding carboxylic acids is 1. The second kappa shape index (κ2) is 9.51. The molecule has 7 nitrogen and oxygen atoms in total. The van der Waals surface area contributed by atoms with Gasteiger partial charge in [-0.2, -0.15) is 9.78 Å². The zero-order chi connectivity index (χ0) is 21.1. The minimum absolute atomic E-state index is 0.164. The monoisotopic (exact) mass is 681 g/mol. The summed E-state index contributed by atoms with van der Waals surface area (Å²) in [6.07, 6.45) is 1.59. The Kier molecular flexibility index (Phi) is 7.27. The molecule has 0 fully saturated rings. The molecule has 0 bridgehead atoms. The molecule has 0 saturated heterocycles. The molecule has 0 radical (unpaired) electrons. The topological polar surface area (TPSA) is 82.8 Å². The van der Waals surface area contributed by atoms with E-state index in [1.165, 1.54) is 11.8 Å². The Hall–Kier alpha value is -1.54. The van der Waals surface area contributed by atoms with Crippen molar-refractivity contribution >= 4 is 84.2 Å². The quantitative estimate of drug-likeness (QED) is 0.230. The number of fused-ring (bicyclic) bond motifs is 1. The number of ether oxygens (including phenoxy) is 2. The number of rotatable bonds is 5. The van der Waals surface area contributed by atoms with Gasteiger partial charge in [-0.1, -0.05) is 15.9 Å². The summed E-state index contributed by atoms with van der Waals surface area (Å²) in [6.45, 7) is 1.57. The lowest BCUT2D eigenvalue weighted by Gasteiger charge is -2.10. The SMILES string of the molecule is COC(=O)COc1c(I)cc(C=Nn2c(C)nc3ccc(Br)cc3c2=O)cc1I. The Bertz CT molecular complexity index is 1170. The zero-order valence-corrected chi connectivity index (χ0v) is 21.2. The predicted octanol–water partition coefficient (Wildman–Crippen LogP) is 4.11. The van der Waals surface area contributed by atoms with E-state index < -0.39 is 5.97 Å². The molecule has 0 spiro atoms. The number of hydrogen-bond acceptors (Lipinski definition) is 6. The summed E-state index contributed by atoms with van der Waals surface area (Å²) in [7, 11) is 1.31. The average Bonchev–Trinajstić information content (AvgIpc) is 2.67. The number of methoxy groups -OCH3 is 1. The highest BCUT2D eigenvalue weighted by Gasteiger charge is 2.12. The van der Waals surface area contributed by atoms with E-state index in [0.717, 1.165) is 17.2 Å². The molecule has 0 aliphatic carbocycles. The maximum Gasteiger partial charge on any atom is 0.343 e. The third kappa shape index (κ3) is 5.15. The van der Waals surface area contributed by atoms with Gasteiger partial charge in [0.25, 0.3) is 5.56 Å². The van der Waals surface area contributed by atoms with Gasteiger partial charge in [0.2, 0.25) is 0 Å². The van der Waals surface area contributed by atoms with Crippen LogP contribution < -0.4 is 10.3 Å². The fourth-order valence-electron chi connectivity index (χ4n) is 2.50. The molecule has 150 valence electrons. The second-order valence-electron chi connectivity index (χ2n) is 5.86. The zero-order valence-electron chi connectivity index (χ0n) is 15.3. The highest BCUT2D eigenvalue weighted by Crippen LogP contribution is 2.28. The van der Waals surface area contributed by atoms with Gasteiger partial charge in [0.15, 0.2) is 6.61 Å². The summed E-state index contributed by atoms with van der Waals surface area (Å²) in [4.78, 5) is 28.6. The third-order valence-electron chi connectivity index (χ3n) is 3.88. The van der Waals surface area contributed by atoms with Gasteiger partial charge in [0.05, 0.1) is 31.4 Å². The summed E-state index contributed by atoms with van der Waals surface area (Å²) >= 11 is 7.62. The molecule has 0 aliphatic rings. The first kappa shape index (κ1) is 22.2. The van der Waals surface area contributed by atoms with Crippen molar-refractivity contribution in [3.63, 3.8) is 0 Å². The molecule has 0 unspecified atom stereocenters. The number of esters is 1. The fourth-order valence-corrected chi connectivity index (χ4v) is 4.99. The third-order valence-corrected chi connectivity index (χ3v) is 5.97. The van der Waals surface area contributed by atoms with Crippen molar-refractivity contribution in [1.82, 2.24) is 9.66 Å². The van der Waals surface area contributed by atoms with E-state index in [0.29, 0.717) is 22.5 Å². The number of hydrogen-bond donors (Lipinski definition) is 0. The summed E-state index contributed by atoms with van der Waals surface area (Å²) in [5.74, 6) is 0.635. The van der Waals surface area contributed by atoms with Crippen LogP contribution in [0.5, 0.6) is 5.75 Å². The van der Waals surface area contributed by atoms with Crippen LogP contribution in [0, 0.1) is 14.1 Å². The molecular formula is C19H14BrI2N3O4. The number of halogens is 3. The van der Waals surface area contributed by atoms with Gasteiger partial charge in [0, 0.05) is 4.47 Å². The lowest BCUT2D eigenvalue weighted by Crippen LogP contribution is -2.20. The van der Waals surface area contributed by atoms with Crippen LogP contribution in [-0.2, 0) is 9.53 Å². The second-order valence-corrected chi connectivity index (χ2v) is 9.10. The van der Waals surface area contributed by atoms with Crippen LogP contribution in [-0.4, -0.2) is 35.6 Å². The van der Waals surface area contributed by atoms with E-state index in [2.05, 4.69) is 75.9 Å². The number of aryl methyl sites for hydroxylation is 1. The normalized spacial score (nSPS) is 11.2. The first-order chi connectivity index (χ1) is 13.8. The van der Waals surface area contributed by atoms with Crippen LogP contribution in [0.25, 0.3) is 10.9 Å². The Morgan fingerprint density at radius 1 is 1.28 bits per heavy atom. The van der Waals surface area contributed by atoms with E-state index in [1.807, 2.05) is 18.2 Å². The molecule has 0 amide bonds. The Labute approximate surface area is 201 Å². The Balaban J connectivity index is 1.94. The molecular weight excluding hydrogens is 668 g/mol. The molecule has 0 aliphatic heterocycles. The van der Waals surface area contributed by atoms with Gasteiger partial charge in [-0.3, -0.25) is 4.79 Å².